The molecule has 3 unspecified atom stereocenters. The fraction of sp³-hybridized carbons (Fsp3) is 0.167. The van der Waals surface area contributed by atoms with Gasteiger partial charge in [0.25, 0.3) is 0 Å². The summed E-state index contributed by atoms with van der Waals surface area (Å²) in [6.07, 6.45) is 2.20. The first-order valence-corrected chi connectivity index (χ1v) is 12.5. The van der Waals surface area contributed by atoms with Crippen molar-refractivity contribution in [3.8, 4) is 11.8 Å². The summed E-state index contributed by atoms with van der Waals surface area (Å²) in [6.45, 7) is 0. The minimum Gasteiger partial charge on any atom is -0.384 e. The highest BCUT2D eigenvalue weighted by Gasteiger charge is 2.41. The molecule has 2 heterocycles. The van der Waals surface area contributed by atoms with Gasteiger partial charge in [-0.2, -0.15) is 0 Å². The Morgan fingerprint density at radius 2 is 1.74 bits per heavy atom. The largest absolute Gasteiger partial charge is 0.384 e. The predicted octanol–water partition coefficient (Wildman–Crippen LogP) is 6.29. The predicted molar refractivity (Wildman–Crippen MR) is 141 cm³/mol. The molecule has 1 aliphatic carbocycles. The maximum Gasteiger partial charge on any atom is 0.122 e. The molecule has 0 fully saturated rings. The van der Waals surface area contributed by atoms with E-state index in [2.05, 4.69) is 65.7 Å². The summed E-state index contributed by atoms with van der Waals surface area (Å²) in [5, 5.41) is 11.8. The Morgan fingerprint density at radius 1 is 0.912 bits per heavy atom. The third kappa shape index (κ3) is 3.69. The average Bonchev–Trinajstić information content (AvgIpc) is 3.35. The lowest BCUT2D eigenvalue weighted by Gasteiger charge is -2.44. The maximum atomic E-state index is 7.95. The first kappa shape index (κ1) is 20.8. The van der Waals surface area contributed by atoms with Crippen molar-refractivity contribution in [3.63, 3.8) is 0 Å². The van der Waals surface area contributed by atoms with Crippen LogP contribution in [0.15, 0.2) is 84.9 Å². The zero-order chi connectivity index (χ0) is 23.1. The van der Waals surface area contributed by atoms with Crippen LogP contribution >= 0.6 is 11.3 Å². The molecule has 6 rings (SSSR count). The molecule has 34 heavy (non-hydrogen) atoms. The van der Waals surface area contributed by atoms with Crippen molar-refractivity contribution in [1.82, 2.24) is 0 Å². The molecule has 0 amide bonds. The standard InChI is InChI=1S/C30H25N3S/c31-30(32)21-12-16-26-25(18-21)28-23-9-5-4-8-20(23)11-15-24(28)29(33-26)27-17-14-22(34-27)13-10-19-6-2-1-3-7-19/h1-9,12,14,16-18,24,28-29,33H,11,15H2,(H3,31,32). The number of nitrogen functional groups attached to an aromatic ring is 1. The van der Waals surface area contributed by atoms with Gasteiger partial charge in [0, 0.05) is 27.6 Å². The van der Waals surface area contributed by atoms with Crippen LogP contribution < -0.4 is 11.1 Å². The molecule has 3 nitrogen and oxygen atoms in total. The van der Waals surface area contributed by atoms with Gasteiger partial charge in [-0.05, 0) is 77.9 Å². The fourth-order valence-corrected chi connectivity index (χ4v) is 6.45. The molecule has 1 aliphatic heterocycles. The van der Waals surface area contributed by atoms with Crippen LogP contribution in [0, 0.1) is 23.2 Å². The highest BCUT2D eigenvalue weighted by molar-refractivity contribution is 7.12. The van der Waals surface area contributed by atoms with Gasteiger partial charge in [-0.1, -0.05) is 54.3 Å². The molecule has 166 valence electrons. The van der Waals surface area contributed by atoms with E-state index in [-0.39, 0.29) is 17.8 Å². The van der Waals surface area contributed by atoms with Gasteiger partial charge in [-0.3, -0.25) is 5.41 Å². The van der Waals surface area contributed by atoms with Crippen molar-refractivity contribution in [2.75, 3.05) is 5.32 Å². The number of aryl methyl sites for hydroxylation is 1. The quantitative estimate of drug-likeness (QED) is 0.187. The normalized spacial score (nSPS) is 20.1. The van der Waals surface area contributed by atoms with E-state index in [1.807, 2.05) is 36.4 Å². The van der Waals surface area contributed by atoms with Crippen molar-refractivity contribution in [2.45, 2.75) is 24.8 Å². The maximum absolute atomic E-state index is 7.95. The first-order chi connectivity index (χ1) is 16.7. The zero-order valence-electron chi connectivity index (χ0n) is 18.7. The molecule has 1 aromatic heterocycles. The van der Waals surface area contributed by atoms with Gasteiger partial charge in [-0.25, -0.2) is 0 Å². The number of amidine groups is 1. The van der Waals surface area contributed by atoms with E-state index in [0.717, 1.165) is 34.5 Å². The molecule has 3 aromatic carbocycles. The van der Waals surface area contributed by atoms with Gasteiger partial charge in [-0.15, -0.1) is 11.3 Å². The lowest BCUT2D eigenvalue weighted by Crippen LogP contribution is -2.35. The number of rotatable bonds is 2. The van der Waals surface area contributed by atoms with Gasteiger partial charge in [0.2, 0.25) is 0 Å². The third-order valence-corrected chi connectivity index (χ3v) is 8.12. The fourth-order valence-electron chi connectivity index (χ4n) is 5.46. The zero-order valence-corrected chi connectivity index (χ0v) is 19.5. The molecule has 4 N–H and O–H groups in total. The second kappa shape index (κ2) is 8.52. The van der Waals surface area contributed by atoms with Crippen molar-refractivity contribution in [3.05, 3.63) is 123 Å². The monoisotopic (exact) mass is 459 g/mol. The lowest BCUT2D eigenvalue weighted by molar-refractivity contribution is 0.351. The lowest BCUT2D eigenvalue weighted by atomic mass is 9.66. The SMILES string of the molecule is N=C(N)c1ccc2c(c1)C1c3ccccc3CCC1C(c1ccc(C#Cc3ccccc3)s1)N2. The van der Waals surface area contributed by atoms with Crippen LogP contribution in [0.4, 0.5) is 5.69 Å². The second-order valence-electron chi connectivity index (χ2n) is 9.03. The second-order valence-corrected chi connectivity index (χ2v) is 10.2. The number of fused-ring (bicyclic) bond motifs is 5. The number of anilines is 1. The van der Waals surface area contributed by atoms with Crippen LogP contribution in [-0.2, 0) is 6.42 Å². The van der Waals surface area contributed by atoms with E-state index in [4.69, 9.17) is 11.1 Å². The summed E-state index contributed by atoms with van der Waals surface area (Å²) in [4.78, 5) is 2.42. The number of nitrogens with one attached hydrogen (secondary N) is 2. The summed E-state index contributed by atoms with van der Waals surface area (Å²) >= 11 is 1.79. The number of benzene rings is 3. The summed E-state index contributed by atoms with van der Waals surface area (Å²) in [6, 6.07) is 29.7. The van der Waals surface area contributed by atoms with Crippen molar-refractivity contribution < 1.29 is 0 Å². The van der Waals surface area contributed by atoms with Gasteiger partial charge >= 0.3 is 0 Å². The Bertz CT molecular complexity index is 1440. The summed E-state index contributed by atoms with van der Waals surface area (Å²) in [7, 11) is 0. The summed E-state index contributed by atoms with van der Waals surface area (Å²) in [5.41, 5.74) is 12.9. The number of nitrogens with two attached hydrogens (primary N) is 1. The molecule has 4 heteroatoms. The van der Waals surface area contributed by atoms with Crippen molar-refractivity contribution in [2.24, 2.45) is 11.7 Å². The number of hydrogen-bond donors (Lipinski definition) is 3. The molecular formula is C30H25N3S. The molecule has 4 aromatic rings. The van der Waals surface area contributed by atoms with E-state index in [0.29, 0.717) is 5.92 Å². The molecule has 3 atom stereocenters. The van der Waals surface area contributed by atoms with Crippen LogP contribution in [0.2, 0.25) is 0 Å². The summed E-state index contributed by atoms with van der Waals surface area (Å²) in [5.74, 6) is 7.47. The van der Waals surface area contributed by atoms with Crippen LogP contribution in [0.5, 0.6) is 0 Å². The Labute approximate surface area is 204 Å². The van der Waals surface area contributed by atoms with Crippen molar-refractivity contribution >= 4 is 22.9 Å². The van der Waals surface area contributed by atoms with Gasteiger partial charge in [0.15, 0.2) is 0 Å². The van der Waals surface area contributed by atoms with Gasteiger partial charge in [0.1, 0.15) is 5.84 Å². The molecular weight excluding hydrogens is 434 g/mol. The topological polar surface area (TPSA) is 61.9 Å². The smallest absolute Gasteiger partial charge is 0.122 e. The third-order valence-electron chi connectivity index (χ3n) is 7.04. The van der Waals surface area contributed by atoms with Gasteiger partial charge < -0.3 is 11.1 Å². The minimum absolute atomic E-state index is 0.116. The Hall–Kier alpha value is -3.81. The van der Waals surface area contributed by atoms with E-state index in [1.54, 1.807) is 11.3 Å². The minimum atomic E-state index is 0.116. The molecule has 0 spiro atoms. The first-order valence-electron chi connectivity index (χ1n) is 11.7. The molecule has 0 radical (unpaired) electrons. The van der Waals surface area contributed by atoms with E-state index < -0.39 is 0 Å². The van der Waals surface area contributed by atoms with E-state index in [1.165, 1.54) is 21.6 Å². The highest BCUT2D eigenvalue weighted by Crippen LogP contribution is 2.53. The van der Waals surface area contributed by atoms with Crippen LogP contribution in [-0.4, -0.2) is 5.84 Å². The number of hydrogen-bond acceptors (Lipinski definition) is 3. The molecule has 0 saturated heterocycles. The highest BCUT2D eigenvalue weighted by atomic mass is 32.1. The number of thiophene rings is 1. The Balaban J connectivity index is 1.41. The Kier molecular flexibility index (Phi) is 5.20. The molecule has 0 bridgehead atoms. The Morgan fingerprint density at radius 3 is 2.59 bits per heavy atom. The van der Waals surface area contributed by atoms with Crippen LogP contribution in [0.1, 0.15) is 56.0 Å². The van der Waals surface area contributed by atoms with E-state index in [9.17, 15) is 0 Å². The average molecular weight is 460 g/mol. The van der Waals surface area contributed by atoms with Crippen molar-refractivity contribution in [1.29, 1.82) is 5.41 Å². The van der Waals surface area contributed by atoms with Crippen LogP contribution in [0.25, 0.3) is 0 Å². The van der Waals surface area contributed by atoms with Crippen LogP contribution in [0.3, 0.4) is 0 Å². The van der Waals surface area contributed by atoms with Gasteiger partial charge in [0.05, 0.1) is 10.9 Å². The molecule has 2 aliphatic rings. The van der Waals surface area contributed by atoms with E-state index >= 15 is 0 Å². The summed E-state index contributed by atoms with van der Waals surface area (Å²) < 4.78 is 0. The molecule has 0 saturated carbocycles.